The second-order valence-electron chi connectivity index (χ2n) is 7.53. The number of hydrogen-bond acceptors (Lipinski definition) is 5. The summed E-state index contributed by atoms with van der Waals surface area (Å²) in [5.74, 6) is -0.940. The van der Waals surface area contributed by atoms with Crippen LogP contribution < -0.4 is 5.32 Å². The summed E-state index contributed by atoms with van der Waals surface area (Å²) < 4.78 is 31.8. The highest BCUT2D eigenvalue weighted by atomic mass is 32.2. The third-order valence-electron chi connectivity index (χ3n) is 5.40. The first-order valence-corrected chi connectivity index (χ1v) is 11.4. The van der Waals surface area contributed by atoms with Gasteiger partial charge in [0.2, 0.25) is 10.0 Å². The first-order chi connectivity index (χ1) is 13.4. The van der Waals surface area contributed by atoms with Crippen LogP contribution in [0, 0.1) is 0 Å². The monoisotopic (exact) mass is 408 g/mol. The predicted octanol–water partition coefficient (Wildman–Crippen LogP) is 2.47. The van der Waals surface area contributed by atoms with Crippen LogP contribution in [0.3, 0.4) is 0 Å². The van der Waals surface area contributed by atoms with E-state index in [0.717, 1.165) is 38.5 Å². The summed E-state index contributed by atoms with van der Waals surface area (Å²) in [6.45, 7) is 2.60. The Labute approximate surface area is 166 Å². The quantitative estimate of drug-likeness (QED) is 0.730. The number of rotatable bonds is 6. The van der Waals surface area contributed by atoms with Crippen LogP contribution in [0.25, 0.3) is 0 Å². The van der Waals surface area contributed by atoms with Crippen LogP contribution in [-0.4, -0.2) is 49.8 Å². The summed E-state index contributed by atoms with van der Waals surface area (Å²) in [5.41, 5.74) is 0.220. The van der Waals surface area contributed by atoms with Crippen LogP contribution in [0.2, 0.25) is 0 Å². The van der Waals surface area contributed by atoms with Gasteiger partial charge in [-0.1, -0.05) is 19.3 Å². The van der Waals surface area contributed by atoms with Gasteiger partial charge in [0.1, 0.15) is 0 Å². The van der Waals surface area contributed by atoms with Gasteiger partial charge in [0.25, 0.3) is 5.91 Å². The van der Waals surface area contributed by atoms with Crippen LogP contribution >= 0.6 is 0 Å². The Kier molecular flexibility index (Phi) is 6.72. The lowest BCUT2D eigenvalue weighted by Gasteiger charge is -2.24. The van der Waals surface area contributed by atoms with Gasteiger partial charge in [0, 0.05) is 19.1 Å². The molecule has 1 aromatic carbocycles. The Morgan fingerprint density at radius 1 is 1.04 bits per heavy atom. The maximum absolute atomic E-state index is 12.5. The first kappa shape index (κ1) is 20.8. The molecule has 1 saturated carbocycles. The van der Waals surface area contributed by atoms with Crippen molar-refractivity contribution in [2.75, 3.05) is 13.1 Å². The minimum Gasteiger partial charge on any atom is -0.449 e. The number of benzene rings is 1. The summed E-state index contributed by atoms with van der Waals surface area (Å²) in [4.78, 5) is 24.7. The van der Waals surface area contributed by atoms with Gasteiger partial charge in [0.15, 0.2) is 6.10 Å². The maximum Gasteiger partial charge on any atom is 0.338 e. The molecular weight excluding hydrogens is 380 g/mol. The molecule has 0 aromatic heterocycles. The fourth-order valence-corrected chi connectivity index (χ4v) is 5.21. The average molecular weight is 409 g/mol. The van der Waals surface area contributed by atoms with Gasteiger partial charge in [-0.15, -0.1) is 0 Å². The molecule has 1 N–H and O–H groups in total. The maximum atomic E-state index is 12.5. The first-order valence-electron chi connectivity index (χ1n) is 9.99. The average Bonchev–Trinajstić information content (AvgIpc) is 3.24. The molecule has 1 aliphatic carbocycles. The van der Waals surface area contributed by atoms with Crippen molar-refractivity contribution in [2.24, 2.45) is 0 Å². The van der Waals surface area contributed by atoms with Crippen molar-refractivity contribution in [3.8, 4) is 0 Å². The molecule has 1 saturated heterocycles. The molecule has 2 fully saturated rings. The summed E-state index contributed by atoms with van der Waals surface area (Å²) in [6, 6.07) is 5.83. The Morgan fingerprint density at radius 3 is 2.25 bits per heavy atom. The summed E-state index contributed by atoms with van der Waals surface area (Å²) in [5, 5.41) is 2.93. The molecule has 1 heterocycles. The molecule has 2 aliphatic rings. The minimum atomic E-state index is -3.52. The van der Waals surface area contributed by atoms with Crippen LogP contribution in [0.15, 0.2) is 29.2 Å². The largest absolute Gasteiger partial charge is 0.449 e. The molecule has 3 rings (SSSR count). The van der Waals surface area contributed by atoms with Gasteiger partial charge < -0.3 is 10.1 Å². The number of nitrogens with zero attached hydrogens (tertiary/aromatic N) is 1. The van der Waals surface area contributed by atoms with Crippen molar-refractivity contribution >= 4 is 21.9 Å². The highest BCUT2D eigenvalue weighted by Gasteiger charge is 2.28. The number of carbonyl (C=O) groups excluding carboxylic acids is 2. The lowest BCUT2D eigenvalue weighted by Crippen LogP contribution is -2.42. The van der Waals surface area contributed by atoms with E-state index in [2.05, 4.69) is 5.32 Å². The molecule has 1 atom stereocenters. The van der Waals surface area contributed by atoms with Crippen molar-refractivity contribution in [3.63, 3.8) is 0 Å². The SMILES string of the molecule is CC(OC(=O)c1ccc(S(=O)(=O)N2CCCC2)cc1)C(=O)NC1CCCCC1. The van der Waals surface area contributed by atoms with Gasteiger partial charge in [-0.25, -0.2) is 13.2 Å². The highest BCUT2D eigenvalue weighted by molar-refractivity contribution is 7.89. The molecule has 1 aliphatic heterocycles. The van der Waals surface area contributed by atoms with Gasteiger partial charge in [-0.2, -0.15) is 4.31 Å². The van der Waals surface area contributed by atoms with Crippen LogP contribution in [0.1, 0.15) is 62.2 Å². The second-order valence-corrected chi connectivity index (χ2v) is 9.46. The molecule has 0 bridgehead atoms. The van der Waals surface area contributed by atoms with E-state index in [1.54, 1.807) is 6.92 Å². The smallest absolute Gasteiger partial charge is 0.338 e. The van der Waals surface area contributed by atoms with E-state index in [1.165, 1.54) is 35.0 Å². The molecule has 28 heavy (non-hydrogen) atoms. The number of esters is 1. The second kappa shape index (κ2) is 9.05. The number of sulfonamides is 1. The lowest BCUT2D eigenvalue weighted by atomic mass is 9.95. The van der Waals surface area contributed by atoms with E-state index in [4.69, 9.17) is 4.74 Å². The Morgan fingerprint density at radius 2 is 1.64 bits per heavy atom. The lowest BCUT2D eigenvalue weighted by molar-refractivity contribution is -0.130. The van der Waals surface area contributed by atoms with Crippen LogP contribution in [-0.2, 0) is 19.6 Å². The van der Waals surface area contributed by atoms with E-state index >= 15 is 0 Å². The Balaban J connectivity index is 1.57. The molecule has 1 amide bonds. The number of nitrogens with one attached hydrogen (secondary N) is 1. The summed E-state index contributed by atoms with van der Waals surface area (Å²) >= 11 is 0. The van der Waals surface area contributed by atoms with E-state index in [0.29, 0.717) is 13.1 Å². The Hall–Kier alpha value is -1.93. The van der Waals surface area contributed by atoms with Crippen molar-refractivity contribution in [1.82, 2.24) is 9.62 Å². The van der Waals surface area contributed by atoms with Crippen molar-refractivity contribution in [3.05, 3.63) is 29.8 Å². The molecule has 1 unspecified atom stereocenters. The van der Waals surface area contributed by atoms with E-state index < -0.39 is 22.1 Å². The molecule has 154 valence electrons. The van der Waals surface area contributed by atoms with Crippen molar-refractivity contribution in [1.29, 1.82) is 0 Å². The van der Waals surface area contributed by atoms with E-state index in [-0.39, 0.29) is 22.4 Å². The third kappa shape index (κ3) is 4.91. The van der Waals surface area contributed by atoms with Gasteiger partial charge in [0.05, 0.1) is 10.5 Å². The molecule has 7 nitrogen and oxygen atoms in total. The fourth-order valence-electron chi connectivity index (χ4n) is 3.69. The normalized spacial score (nSPS) is 19.9. The minimum absolute atomic E-state index is 0.150. The highest BCUT2D eigenvalue weighted by Crippen LogP contribution is 2.21. The summed E-state index contributed by atoms with van der Waals surface area (Å²) in [7, 11) is -3.52. The van der Waals surface area contributed by atoms with E-state index in [9.17, 15) is 18.0 Å². The van der Waals surface area contributed by atoms with Crippen molar-refractivity contribution < 1.29 is 22.7 Å². The zero-order valence-electron chi connectivity index (χ0n) is 16.2. The molecule has 8 heteroatoms. The molecular formula is C20H28N2O5S. The van der Waals surface area contributed by atoms with Gasteiger partial charge >= 0.3 is 5.97 Å². The number of hydrogen-bond donors (Lipinski definition) is 1. The predicted molar refractivity (Wildman–Crippen MR) is 104 cm³/mol. The molecule has 1 aromatic rings. The summed E-state index contributed by atoms with van der Waals surface area (Å²) in [6.07, 6.45) is 6.15. The molecule has 0 radical (unpaired) electrons. The number of amides is 1. The van der Waals surface area contributed by atoms with E-state index in [1.807, 2.05) is 0 Å². The zero-order valence-corrected chi connectivity index (χ0v) is 17.0. The fraction of sp³-hybridized carbons (Fsp3) is 0.600. The standard InChI is InChI=1S/C20H28N2O5S/c1-15(19(23)21-17-7-3-2-4-8-17)27-20(24)16-9-11-18(12-10-16)28(25,26)22-13-5-6-14-22/h9-12,15,17H,2-8,13-14H2,1H3,(H,21,23). The third-order valence-corrected chi connectivity index (χ3v) is 7.31. The van der Waals surface area contributed by atoms with Crippen LogP contribution in [0.4, 0.5) is 0 Å². The molecule has 0 spiro atoms. The van der Waals surface area contributed by atoms with Gasteiger partial charge in [-0.3, -0.25) is 4.79 Å². The number of ether oxygens (including phenoxy) is 1. The van der Waals surface area contributed by atoms with Crippen molar-refractivity contribution in [2.45, 2.75) is 68.9 Å². The number of carbonyl (C=O) groups is 2. The zero-order chi connectivity index (χ0) is 20.1. The topological polar surface area (TPSA) is 92.8 Å². The van der Waals surface area contributed by atoms with Crippen LogP contribution in [0.5, 0.6) is 0 Å². The van der Waals surface area contributed by atoms with Gasteiger partial charge in [-0.05, 0) is 56.9 Å². The Bertz CT molecular complexity index is 794.